The van der Waals surface area contributed by atoms with Crippen molar-refractivity contribution in [3.63, 3.8) is 0 Å². The maximum atomic E-state index is 13.3. The molecule has 166 valence electrons. The number of carbonyl (C=O) groups is 2. The SMILES string of the molecule is CCN1C(=O)C(NC(=O)Oc2ccc([N+](=O)[O-])cc2)N=C(C2CCCC2)c2ccccc21. The van der Waals surface area contributed by atoms with Crippen LogP contribution in [0.2, 0.25) is 0 Å². The summed E-state index contributed by atoms with van der Waals surface area (Å²) in [5.41, 5.74) is 2.43. The van der Waals surface area contributed by atoms with Crippen LogP contribution < -0.4 is 15.0 Å². The molecule has 1 N–H and O–H groups in total. The zero-order valence-electron chi connectivity index (χ0n) is 17.7. The molecule has 1 aliphatic heterocycles. The third-order valence-electron chi connectivity index (χ3n) is 5.81. The molecule has 1 fully saturated rings. The number of nitro groups is 1. The molecule has 32 heavy (non-hydrogen) atoms. The monoisotopic (exact) mass is 436 g/mol. The van der Waals surface area contributed by atoms with Crippen molar-refractivity contribution in [1.29, 1.82) is 0 Å². The molecule has 0 bridgehead atoms. The minimum Gasteiger partial charge on any atom is -0.410 e. The number of benzodiazepines with no additional fused rings is 1. The number of hydrogen-bond donors (Lipinski definition) is 1. The number of benzene rings is 2. The second-order valence-corrected chi connectivity index (χ2v) is 7.78. The number of ether oxygens (including phenoxy) is 1. The van der Waals surface area contributed by atoms with Gasteiger partial charge in [-0.25, -0.2) is 4.79 Å². The van der Waals surface area contributed by atoms with Crippen molar-refractivity contribution in [3.8, 4) is 5.75 Å². The smallest absolute Gasteiger partial charge is 0.410 e. The van der Waals surface area contributed by atoms with Crippen LogP contribution in [0.4, 0.5) is 16.2 Å². The zero-order chi connectivity index (χ0) is 22.7. The van der Waals surface area contributed by atoms with Crippen molar-refractivity contribution in [2.24, 2.45) is 10.9 Å². The highest BCUT2D eigenvalue weighted by atomic mass is 16.6. The van der Waals surface area contributed by atoms with Gasteiger partial charge < -0.3 is 9.64 Å². The number of para-hydroxylation sites is 1. The van der Waals surface area contributed by atoms with E-state index in [1.807, 2.05) is 31.2 Å². The van der Waals surface area contributed by atoms with Gasteiger partial charge in [-0.2, -0.15) is 0 Å². The number of hydrogen-bond acceptors (Lipinski definition) is 6. The Kier molecular flexibility index (Phi) is 6.16. The molecule has 1 unspecified atom stereocenters. The fourth-order valence-corrected chi connectivity index (χ4v) is 4.28. The van der Waals surface area contributed by atoms with Gasteiger partial charge in [0, 0.05) is 30.2 Å². The lowest BCUT2D eigenvalue weighted by atomic mass is 9.94. The van der Waals surface area contributed by atoms with E-state index in [4.69, 9.17) is 9.73 Å². The van der Waals surface area contributed by atoms with Crippen LogP contribution in [-0.4, -0.2) is 35.3 Å². The lowest BCUT2D eigenvalue weighted by molar-refractivity contribution is -0.384. The van der Waals surface area contributed by atoms with Crippen LogP contribution in [0.25, 0.3) is 0 Å². The van der Waals surface area contributed by atoms with Crippen molar-refractivity contribution in [2.45, 2.75) is 38.8 Å². The van der Waals surface area contributed by atoms with E-state index in [9.17, 15) is 19.7 Å². The number of non-ortho nitro benzene ring substituents is 1. The molecule has 4 rings (SSSR count). The second-order valence-electron chi connectivity index (χ2n) is 7.78. The van der Waals surface area contributed by atoms with Gasteiger partial charge in [-0.1, -0.05) is 31.0 Å². The van der Waals surface area contributed by atoms with Gasteiger partial charge >= 0.3 is 6.09 Å². The first kappa shape index (κ1) is 21.5. The van der Waals surface area contributed by atoms with Crippen LogP contribution in [0.1, 0.15) is 38.2 Å². The third-order valence-corrected chi connectivity index (χ3v) is 5.81. The van der Waals surface area contributed by atoms with E-state index in [2.05, 4.69) is 5.32 Å². The van der Waals surface area contributed by atoms with E-state index >= 15 is 0 Å². The quantitative estimate of drug-likeness (QED) is 0.561. The number of aliphatic imine (C=N–C) groups is 1. The summed E-state index contributed by atoms with van der Waals surface area (Å²) >= 11 is 0. The number of nitrogens with one attached hydrogen (secondary N) is 1. The molecular weight excluding hydrogens is 412 g/mol. The van der Waals surface area contributed by atoms with Gasteiger partial charge in [0.15, 0.2) is 0 Å². The van der Waals surface area contributed by atoms with Gasteiger partial charge in [0.2, 0.25) is 6.17 Å². The van der Waals surface area contributed by atoms with Crippen molar-refractivity contribution in [3.05, 3.63) is 64.2 Å². The van der Waals surface area contributed by atoms with E-state index < -0.39 is 17.2 Å². The van der Waals surface area contributed by atoms with Crippen LogP contribution in [-0.2, 0) is 4.79 Å². The number of nitrogens with zero attached hydrogens (tertiary/aromatic N) is 3. The first-order chi connectivity index (χ1) is 15.5. The maximum Gasteiger partial charge on any atom is 0.414 e. The number of rotatable bonds is 5. The average Bonchev–Trinajstić information content (AvgIpc) is 3.29. The van der Waals surface area contributed by atoms with Crippen molar-refractivity contribution < 1.29 is 19.2 Å². The predicted octanol–water partition coefficient (Wildman–Crippen LogP) is 4.06. The Labute approximate surface area is 185 Å². The lowest BCUT2D eigenvalue weighted by Gasteiger charge is -2.24. The van der Waals surface area contributed by atoms with Gasteiger partial charge in [0.25, 0.3) is 11.6 Å². The fourth-order valence-electron chi connectivity index (χ4n) is 4.28. The first-order valence-electron chi connectivity index (χ1n) is 10.7. The fraction of sp³-hybridized carbons (Fsp3) is 0.348. The van der Waals surface area contributed by atoms with Crippen LogP contribution in [0, 0.1) is 16.0 Å². The molecule has 0 radical (unpaired) electrons. The molecule has 9 heteroatoms. The summed E-state index contributed by atoms with van der Waals surface area (Å²) in [6.07, 6.45) is 2.23. The van der Waals surface area contributed by atoms with Crippen LogP contribution in [0.3, 0.4) is 0 Å². The molecule has 2 aromatic rings. The van der Waals surface area contributed by atoms with Gasteiger partial charge in [-0.05, 0) is 38.0 Å². The molecule has 0 saturated heterocycles. The topological polar surface area (TPSA) is 114 Å². The predicted molar refractivity (Wildman–Crippen MR) is 119 cm³/mol. The normalized spacial score (nSPS) is 18.5. The number of carbonyl (C=O) groups excluding carboxylic acids is 2. The molecule has 2 aromatic carbocycles. The summed E-state index contributed by atoms with van der Waals surface area (Å²) in [6.45, 7) is 2.31. The molecule has 0 spiro atoms. The molecule has 1 aliphatic carbocycles. The molecule has 0 aromatic heterocycles. The summed E-state index contributed by atoms with van der Waals surface area (Å²) in [5.74, 6) is 0.0224. The highest BCUT2D eigenvalue weighted by Crippen LogP contribution is 2.34. The lowest BCUT2D eigenvalue weighted by Crippen LogP contribution is -2.48. The zero-order valence-corrected chi connectivity index (χ0v) is 17.7. The van der Waals surface area contributed by atoms with E-state index in [1.165, 1.54) is 24.3 Å². The minimum atomic E-state index is -1.12. The van der Waals surface area contributed by atoms with Crippen LogP contribution in [0.15, 0.2) is 53.5 Å². The highest BCUT2D eigenvalue weighted by molar-refractivity contribution is 6.14. The Balaban J connectivity index is 1.60. The van der Waals surface area contributed by atoms with Gasteiger partial charge in [-0.3, -0.25) is 25.2 Å². The Bertz CT molecular complexity index is 1060. The standard InChI is InChI=1S/C23H24N4O5/c1-2-26-19-10-6-5-9-18(19)20(15-7-3-4-8-15)24-21(22(26)28)25-23(29)32-17-13-11-16(12-14-17)27(30)31/h5-6,9-15,21H,2-4,7-8H2,1H3,(H,25,29). The van der Waals surface area contributed by atoms with Gasteiger partial charge in [-0.15, -0.1) is 0 Å². The van der Waals surface area contributed by atoms with Crippen LogP contribution >= 0.6 is 0 Å². The highest BCUT2D eigenvalue weighted by Gasteiger charge is 2.35. The molecule has 1 atom stereocenters. The van der Waals surface area contributed by atoms with Gasteiger partial charge in [0.1, 0.15) is 5.75 Å². The summed E-state index contributed by atoms with van der Waals surface area (Å²) in [5, 5.41) is 13.4. The maximum absolute atomic E-state index is 13.3. The van der Waals surface area contributed by atoms with E-state index in [1.54, 1.807) is 4.90 Å². The Morgan fingerprint density at radius 2 is 1.88 bits per heavy atom. The molecule has 1 saturated carbocycles. The Hall–Kier alpha value is -3.75. The first-order valence-corrected chi connectivity index (χ1v) is 10.7. The Morgan fingerprint density at radius 1 is 1.19 bits per heavy atom. The summed E-state index contributed by atoms with van der Waals surface area (Å²) in [7, 11) is 0. The molecule has 2 amide bonds. The average molecular weight is 436 g/mol. The molecule has 2 aliphatic rings. The molecule has 9 nitrogen and oxygen atoms in total. The van der Waals surface area contributed by atoms with Crippen molar-refractivity contribution in [1.82, 2.24) is 5.32 Å². The number of amides is 2. The summed E-state index contributed by atoms with van der Waals surface area (Å²) < 4.78 is 5.24. The largest absolute Gasteiger partial charge is 0.414 e. The van der Waals surface area contributed by atoms with Gasteiger partial charge in [0.05, 0.1) is 16.3 Å². The molecular formula is C23H24N4O5. The number of anilines is 1. The number of fused-ring (bicyclic) bond motifs is 1. The number of likely N-dealkylation sites (N-methyl/N-ethyl adjacent to an activating group) is 1. The van der Waals surface area contributed by atoms with E-state index in [0.29, 0.717) is 6.54 Å². The van der Waals surface area contributed by atoms with E-state index in [0.717, 1.165) is 42.6 Å². The second kappa shape index (κ2) is 9.17. The summed E-state index contributed by atoms with van der Waals surface area (Å²) in [4.78, 5) is 42.4. The van der Waals surface area contributed by atoms with Crippen molar-refractivity contribution >= 4 is 29.1 Å². The summed E-state index contributed by atoms with van der Waals surface area (Å²) in [6, 6.07) is 12.8. The Morgan fingerprint density at radius 3 is 2.53 bits per heavy atom. The van der Waals surface area contributed by atoms with Crippen molar-refractivity contribution in [2.75, 3.05) is 11.4 Å². The van der Waals surface area contributed by atoms with Crippen LogP contribution in [0.5, 0.6) is 5.75 Å². The minimum absolute atomic E-state index is 0.112. The molecule has 1 heterocycles. The third kappa shape index (κ3) is 4.32. The van der Waals surface area contributed by atoms with E-state index in [-0.39, 0.29) is 23.3 Å². The number of nitro benzene ring substituents is 1.